The van der Waals surface area contributed by atoms with E-state index in [9.17, 15) is 18.0 Å². The maximum atomic E-state index is 13.5. The lowest BCUT2D eigenvalue weighted by atomic mass is 9.93. The van der Waals surface area contributed by atoms with Gasteiger partial charge in [-0.05, 0) is 32.1 Å². The first-order valence-electron chi connectivity index (χ1n) is 8.18. The van der Waals surface area contributed by atoms with Gasteiger partial charge in [0.2, 0.25) is 5.60 Å². The van der Waals surface area contributed by atoms with Gasteiger partial charge in [-0.25, -0.2) is 4.79 Å². The van der Waals surface area contributed by atoms with Crippen molar-refractivity contribution in [3.8, 4) is 0 Å². The van der Waals surface area contributed by atoms with Crippen molar-refractivity contribution >= 4 is 5.97 Å². The lowest BCUT2D eigenvalue weighted by Crippen LogP contribution is -2.50. The highest BCUT2D eigenvalue weighted by atomic mass is 19.4. The smallest absolute Gasteiger partial charge is 0.428 e. The Balaban J connectivity index is 2.77. The quantitative estimate of drug-likeness (QED) is 0.384. The van der Waals surface area contributed by atoms with Crippen LogP contribution in [0.2, 0.25) is 0 Å². The third kappa shape index (κ3) is 5.14. The van der Waals surface area contributed by atoms with Crippen molar-refractivity contribution in [1.82, 2.24) is 0 Å². The maximum Gasteiger partial charge on any atom is 0.428 e. The van der Waals surface area contributed by atoms with Crippen molar-refractivity contribution in [2.45, 2.75) is 89.0 Å². The summed E-state index contributed by atoms with van der Waals surface area (Å²) in [7, 11) is 1.34. The number of alkyl halides is 3. The standard InChI is InChI=1S/C16H27F3O3/c1-3-4-7-10-13(21-2)14(20)22-15(16(17,18)19)11-8-5-6-9-12-15/h13H,3-12H2,1-2H3. The van der Waals surface area contributed by atoms with E-state index in [2.05, 4.69) is 0 Å². The second-order valence-corrected chi connectivity index (χ2v) is 6.05. The van der Waals surface area contributed by atoms with Gasteiger partial charge < -0.3 is 9.47 Å². The summed E-state index contributed by atoms with van der Waals surface area (Å²) in [5.74, 6) is -0.877. The fourth-order valence-electron chi connectivity index (χ4n) is 2.91. The average molecular weight is 324 g/mol. The second kappa shape index (κ2) is 8.75. The first-order chi connectivity index (χ1) is 10.4. The van der Waals surface area contributed by atoms with Gasteiger partial charge in [-0.3, -0.25) is 0 Å². The summed E-state index contributed by atoms with van der Waals surface area (Å²) in [6.07, 6.45) is -0.347. The largest absolute Gasteiger partial charge is 0.447 e. The molecule has 1 aliphatic carbocycles. The van der Waals surface area contributed by atoms with Crippen LogP contribution in [0.1, 0.15) is 71.1 Å². The molecule has 6 heteroatoms. The predicted molar refractivity (Wildman–Crippen MR) is 77.5 cm³/mol. The number of carbonyl (C=O) groups excluding carboxylic acids is 1. The van der Waals surface area contributed by atoms with Crippen LogP contribution in [-0.4, -0.2) is 31.0 Å². The predicted octanol–water partition coefficient (Wildman–Crippen LogP) is 4.78. The third-order valence-corrected chi connectivity index (χ3v) is 4.34. The van der Waals surface area contributed by atoms with Crippen LogP contribution in [0, 0.1) is 0 Å². The van der Waals surface area contributed by atoms with E-state index < -0.39 is 23.9 Å². The molecular weight excluding hydrogens is 297 g/mol. The SMILES string of the molecule is CCCCCC(OC)C(=O)OC1(C(F)(F)F)CCCCCC1. The number of hydrogen-bond donors (Lipinski definition) is 0. The van der Waals surface area contributed by atoms with Crippen LogP contribution < -0.4 is 0 Å². The fourth-order valence-corrected chi connectivity index (χ4v) is 2.91. The molecule has 3 nitrogen and oxygen atoms in total. The third-order valence-electron chi connectivity index (χ3n) is 4.34. The van der Waals surface area contributed by atoms with Gasteiger partial charge in [-0.2, -0.15) is 13.2 Å². The van der Waals surface area contributed by atoms with Gasteiger partial charge in [0.15, 0.2) is 6.10 Å². The molecule has 0 N–H and O–H groups in total. The molecule has 0 bridgehead atoms. The molecule has 130 valence electrons. The number of halogens is 3. The van der Waals surface area contributed by atoms with Gasteiger partial charge in [0.05, 0.1) is 0 Å². The van der Waals surface area contributed by atoms with Gasteiger partial charge in [0.1, 0.15) is 0 Å². The zero-order chi connectivity index (χ0) is 16.6. The molecule has 1 saturated carbocycles. The molecule has 1 unspecified atom stereocenters. The minimum Gasteiger partial charge on any atom is -0.447 e. The molecule has 0 aliphatic heterocycles. The van der Waals surface area contributed by atoms with Gasteiger partial charge in [0.25, 0.3) is 0 Å². The van der Waals surface area contributed by atoms with Crippen LogP contribution in [0.3, 0.4) is 0 Å². The molecule has 1 fully saturated rings. The first-order valence-corrected chi connectivity index (χ1v) is 8.18. The molecular formula is C16H27F3O3. The van der Waals surface area contributed by atoms with Gasteiger partial charge in [-0.1, -0.05) is 39.0 Å². The number of unbranched alkanes of at least 4 members (excludes halogenated alkanes) is 2. The number of hydrogen-bond acceptors (Lipinski definition) is 3. The van der Waals surface area contributed by atoms with Crippen LogP contribution in [0.5, 0.6) is 0 Å². The van der Waals surface area contributed by atoms with Crippen LogP contribution in [0.15, 0.2) is 0 Å². The Labute approximate surface area is 130 Å². The average Bonchev–Trinajstić information content (AvgIpc) is 2.69. The van der Waals surface area contributed by atoms with E-state index in [1.807, 2.05) is 6.92 Å². The summed E-state index contributed by atoms with van der Waals surface area (Å²) in [6, 6.07) is 0. The number of methoxy groups -OCH3 is 1. The topological polar surface area (TPSA) is 35.5 Å². The van der Waals surface area contributed by atoms with Crippen molar-refractivity contribution in [3.05, 3.63) is 0 Å². The van der Waals surface area contributed by atoms with Crippen molar-refractivity contribution in [1.29, 1.82) is 0 Å². The van der Waals surface area contributed by atoms with E-state index in [1.54, 1.807) is 0 Å². The first kappa shape index (κ1) is 19.3. The molecule has 1 atom stereocenters. The Morgan fingerprint density at radius 3 is 2.18 bits per heavy atom. The lowest BCUT2D eigenvalue weighted by molar-refractivity contribution is -0.277. The Bertz CT molecular complexity index is 334. The normalized spacial score (nSPS) is 20.2. The van der Waals surface area contributed by atoms with E-state index in [-0.39, 0.29) is 12.8 Å². The summed E-state index contributed by atoms with van der Waals surface area (Å²) in [4.78, 5) is 12.2. The molecule has 0 aromatic carbocycles. The zero-order valence-electron chi connectivity index (χ0n) is 13.5. The number of esters is 1. The minimum absolute atomic E-state index is 0.145. The summed E-state index contributed by atoms with van der Waals surface area (Å²) in [5, 5.41) is 0. The highest BCUT2D eigenvalue weighted by Crippen LogP contribution is 2.44. The van der Waals surface area contributed by atoms with Crippen molar-refractivity contribution in [2.24, 2.45) is 0 Å². The van der Waals surface area contributed by atoms with Gasteiger partial charge in [-0.15, -0.1) is 0 Å². The van der Waals surface area contributed by atoms with E-state index in [0.717, 1.165) is 32.1 Å². The summed E-state index contributed by atoms with van der Waals surface area (Å²) >= 11 is 0. The van der Waals surface area contributed by atoms with E-state index in [0.29, 0.717) is 19.3 Å². The van der Waals surface area contributed by atoms with Crippen LogP contribution in [0.4, 0.5) is 13.2 Å². The monoisotopic (exact) mass is 324 g/mol. The van der Waals surface area contributed by atoms with Crippen LogP contribution >= 0.6 is 0 Å². The number of rotatable bonds is 7. The molecule has 0 saturated heterocycles. The highest BCUT2D eigenvalue weighted by molar-refractivity contribution is 5.75. The van der Waals surface area contributed by atoms with Crippen molar-refractivity contribution in [3.63, 3.8) is 0 Å². The molecule has 0 radical (unpaired) electrons. The number of ether oxygens (including phenoxy) is 2. The Hall–Kier alpha value is -0.780. The summed E-state index contributed by atoms with van der Waals surface area (Å²) in [6.45, 7) is 2.02. The Morgan fingerprint density at radius 1 is 1.14 bits per heavy atom. The van der Waals surface area contributed by atoms with E-state index in [1.165, 1.54) is 7.11 Å². The zero-order valence-corrected chi connectivity index (χ0v) is 13.5. The molecule has 0 amide bonds. The Morgan fingerprint density at radius 2 is 1.73 bits per heavy atom. The highest BCUT2D eigenvalue weighted by Gasteiger charge is 2.57. The summed E-state index contributed by atoms with van der Waals surface area (Å²) in [5.41, 5.74) is -2.33. The van der Waals surface area contributed by atoms with Crippen molar-refractivity contribution < 1.29 is 27.4 Å². The van der Waals surface area contributed by atoms with Gasteiger partial charge in [0, 0.05) is 7.11 Å². The molecule has 0 spiro atoms. The molecule has 22 heavy (non-hydrogen) atoms. The fraction of sp³-hybridized carbons (Fsp3) is 0.938. The van der Waals surface area contributed by atoms with Crippen LogP contribution in [-0.2, 0) is 14.3 Å². The molecule has 1 aliphatic rings. The van der Waals surface area contributed by atoms with Gasteiger partial charge >= 0.3 is 12.1 Å². The maximum absolute atomic E-state index is 13.5. The molecule has 0 aromatic rings. The molecule has 0 aromatic heterocycles. The molecule has 0 heterocycles. The summed E-state index contributed by atoms with van der Waals surface area (Å²) < 4.78 is 50.5. The second-order valence-electron chi connectivity index (χ2n) is 6.05. The number of carbonyl (C=O) groups is 1. The lowest BCUT2D eigenvalue weighted by Gasteiger charge is -2.35. The van der Waals surface area contributed by atoms with Crippen LogP contribution in [0.25, 0.3) is 0 Å². The molecule has 1 rings (SSSR count). The van der Waals surface area contributed by atoms with Crippen molar-refractivity contribution in [2.75, 3.05) is 7.11 Å². The van der Waals surface area contributed by atoms with E-state index in [4.69, 9.17) is 9.47 Å². The minimum atomic E-state index is -4.53. The Kier molecular flexibility index (Phi) is 7.66. The van der Waals surface area contributed by atoms with E-state index >= 15 is 0 Å².